The summed E-state index contributed by atoms with van der Waals surface area (Å²) in [5.41, 5.74) is 3.28. The smallest absolute Gasteiger partial charge is 0.141 e. The Morgan fingerprint density at radius 2 is 1.84 bits per heavy atom. The lowest BCUT2D eigenvalue weighted by Crippen LogP contribution is -1.89. The van der Waals surface area contributed by atoms with Gasteiger partial charge >= 0.3 is 0 Å². The molecular formula is C16H11BrN2. The van der Waals surface area contributed by atoms with Crippen LogP contribution in [0.3, 0.4) is 0 Å². The molecule has 0 atom stereocenters. The van der Waals surface area contributed by atoms with Gasteiger partial charge in [0.2, 0.25) is 0 Å². The Morgan fingerprint density at radius 1 is 1.00 bits per heavy atom. The van der Waals surface area contributed by atoms with Crippen LogP contribution in [0.15, 0.2) is 53.0 Å². The number of aryl methyl sites for hydroxylation is 1. The van der Waals surface area contributed by atoms with Crippen LogP contribution < -0.4 is 0 Å². The van der Waals surface area contributed by atoms with Gasteiger partial charge in [-0.15, -0.1) is 0 Å². The molecular weight excluding hydrogens is 300 g/mol. The fourth-order valence-electron chi connectivity index (χ4n) is 2.69. The maximum Gasteiger partial charge on any atom is 0.141 e. The SMILES string of the molecule is Cn1c2ccccc2c2cc3ccc(Br)cc3nc21. The number of nitrogens with zero attached hydrogens (tertiary/aromatic N) is 2. The van der Waals surface area contributed by atoms with Crippen LogP contribution in [0.4, 0.5) is 0 Å². The van der Waals surface area contributed by atoms with Crippen molar-refractivity contribution in [2.45, 2.75) is 0 Å². The molecule has 92 valence electrons. The topological polar surface area (TPSA) is 17.8 Å². The minimum absolute atomic E-state index is 1.02. The van der Waals surface area contributed by atoms with Gasteiger partial charge in [-0.05, 0) is 24.3 Å². The van der Waals surface area contributed by atoms with Crippen molar-refractivity contribution in [3.63, 3.8) is 0 Å². The van der Waals surface area contributed by atoms with Crippen LogP contribution in [0, 0.1) is 0 Å². The summed E-state index contributed by atoms with van der Waals surface area (Å²) < 4.78 is 3.22. The second-order valence-corrected chi connectivity index (χ2v) is 5.69. The summed E-state index contributed by atoms with van der Waals surface area (Å²) in [4.78, 5) is 4.81. The average Bonchev–Trinajstić information content (AvgIpc) is 2.70. The maximum absolute atomic E-state index is 4.81. The fourth-order valence-corrected chi connectivity index (χ4v) is 3.04. The molecule has 0 amide bonds. The first kappa shape index (κ1) is 11.0. The van der Waals surface area contributed by atoms with E-state index in [0.29, 0.717) is 0 Å². The van der Waals surface area contributed by atoms with Gasteiger partial charge in [0.05, 0.1) is 11.0 Å². The lowest BCUT2D eigenvalue weighted by Gasteiger charge is -2.00. The van der Waals surface area contributed by atoms with Crippen LogP contribution in [-0.2, 0) is 7.05 Å². The summed E-state index contributed by atoms with van der Waals surface area (Å²) in [5, 5.41) is 3.65. The Labute approximate surface area is 118 Å². The van der Waals surface area contributed by atoms with Gasteiger partial charge in [-0.3, -0.25) is 0 Å². The van der Waals surface area contributed by atoms with E-state index in [-0.39, 0.29) is 0 Å². The van der Waals surface area contributed by atoms with Crippen molar-refractivity contribution < 1.29 is 0 Å². The first-order valence-corrected chi connectivity index (χ1v) is 6.97. The van der Waals surface area contributed by atoms with Gasteiger partial charge < -0.3 is 4.57 Å². The van der Waals surface area contributed by atoms with Gasteiger partial charge in [0.1, 0.15) is 5.65 Å². The van der Waals surface area contributed by atoms with Gasteiger partial charge in [0.25, 0.3) is 0 Å². The average molecular weight is 311 g/mol. The summed E-state index contributed by atoms with van der Waals surface area (Å²) in [7, 11) is 2.07. The van der Waals surface area contributed by atoms with Crippen molar-refractivity contribution in [2.75, 3.05) is 0 Å². The Balaban J connectivity index is 2.28. The van der Waals surface area contributed by atoms with E-state index in [1.807, 2.05) is 0 Å². The summed E-state index contributed by atoms with van der Waals surface area (Å²) >= 11 is 3.50. The number of halogens is 1. The van der Waals surface area contributed by atoms with E-state index in [1.165, 1.54) is 21.7 Å². The fraction of sp³-hybridized carbons (Fsp3) is 0.0625. The van der Waals surface area contributed by atoms with Gasteiger partial charge in [0.15, 0.2) is 0 Å². The van der Waals surface area contributed by atoms with Crippen LogP contribution in [0.1, 0.15) is 0 Å². The highest BCUT2D eigenvalue weighted by Gasteiger charge is 2.10. The first-order chi connectivity index (χ1) is 9.24. The number of hydrogen-bond acceptors (Lipinski definition) is 1. The first-order valence-electron chi connectivity index (χ1n) is 6.17. The highest BCUT2D eigenvalue weighted by atomic mass is 79.9. The van der Waals surface area contributed by atoms with E-state index in [1.54, 1.807) is 0 Å². The molecule has 0 aliphatic heterocycles. The second kappa shape index (κ2) is 3.81. The normalized spacial score (nSPS) is 11.7. The lowest BCUT2D eigenvalue weighted by atomic mass is 10.1. The Hall–Kier alpha value is -1.87. The second-order valence-electron chi connectivity index (χ2n) is 4.77. The van der Waals surface area contributed by atoms with E-state index in [9.17, 15) is 0 Å². The zero-order valence-electron chi connectivity index (χ0n) is 10.4. The minimum Gasteiger partial charge on any atom is -0.328 e. The number of para-hydroxylation sites is 1. The molecule has 0 fully saturated rings. The molecule has 2 heterocycles. The Kier molecular flexibility index (Phi) is 2.21. The molecule has 0 saturated heterocycles. The lowest BCUT2D eigenvalue weighted by molar-refractivity contribution is 0.994. The van der Waals surface area contributed by atoms with Gasteiger partial charge in [-0.25, -0.2) is 4.98 Å². The number of hydrogen-bond donors (Lipinski definition) is 0. The van der Waals surface area contributed by atoms with Crippen LogP contribution >= 0.6 is 15.9 Å². The van der Waals surface area contributed by atoms with Crippen molar-refractivity contribution in [3.8, 4) is 0 Å². The molecule has 2 aromatic heterocycles. The number of aromatic nitrogens is 2. The zero-order chi connectivity index (χ0) is 13.0. The predicted octanol–water partition coefficient (Wildman–Crippen LogP) is 4.64. The molecule has 2 aromatic carbocycles. The van der Waals surface area contributed by atoms with Crippen molar-refractivity contribution in [1.29, 1.82) is 0 Å². The van der Waals surface area contributed by atoms with Crippen LogP contribution in [-0.4, -0.2) is 9.55 Å². The highest BCUT2D eigenvalue weighted by Crippen LogP contribution is 2.30. The number of rotatable bonds is 0. The maximum atomic E-state index is 4.81. The van der Waals surface area contributed by atoms with Crippen molar-refractivity contribution in [2.24, 2.45) is 7.05 Å². The van der Waals surface area contributed by atoms with Gasteiger partial charge in [-0.2, -0.15) is 0 Å². The monoisotopic (exact) mass is 310 g/mol. The predicted molar refractivity (Wildman–Crippen MR) is 83.4 cm³/mol. The molecule has 0 saturated carbocycles. The molecule has 0 aliphatic rings. The van der Waals surface area contributed by atoms with E-state index >= 15 is 0 Å². The number of benzene rings is 2. The summed E-state index contributed by atoms with van der Waals surface area (Å²) in [6, 6.07) is 16.9. The van der Waals surface area contributed by atoms with Crippen molar-refractivity contribution in [3.05, 3.63) is 53.0 Å². The molecule has 0 N–H and O–H groups in total. The minimum atomic E-state index is 1.02. The third kappa shape index (κ3) is 1.51. The van der Waals surface area contributed by atoms with E-state index < -0.39 is 0 Å². The largest absolute Gasteiger partial charge is 0.328 e. The molecule has 0 spiro atoms. The van der Waals surface area contributed by atoms with Gasteiger partial charge in [-0.1, -0.05) is 40.2 Å². The molecule has 0 aliphatic carbocycles. The summed E-state index contributed by atoms with van der Waals surface area (Å²) in [5.74, 6) is 0. The molecule has 4 rings (SSSR count). The Bertz CT molecular complexity index is 938. The zero-order valence-corrected chi connectivity index (χ0v) is 12.0. The molecule has 0 unspecified atom stereocenters. The molecule has 0 bridgehead atoms. The molecule has 4 aromatic rings. The van der Waals surface area contributed by atoms with Crippen LogP contribution in [0.5, 0.6) is 0 Å². The van der Waals surface area contributed by atoms with E-state index in [0.717, 1.165) is 15.6 Å². The molecule has 3 heteroatoms. The molecule has 0 radical (unpaired) electrons. The third-order valence-corrected chi connectivity index (χ3v) is 4.13. The Morgan fingerprint density at radius 3 is 2.74 bits per heavy atom. The van der Waals surface area contributed by atoms with Crippen molar-refractivity contribution in [1.82, 2.24) is 9.55 Å². The number of pyridine rings is 1. The highest BCUT2D eigenvalue weighted by molar-refractivity contribution is 9.10. The van der Waals surface area contributed by atoms with Gasteiger partial charge in [0, 0.05) is 27.7 Å². The third-order valence-electron chi connectivity index (χ3n) is 3.63. The van der Waals surface area contributed by atoms with Crippen molar-refractivity contribution >= 4 is 48.8 Å². The van der Waals surface area contributed by atoms with E-state index in [4.69, 9.17) is 4.98 Å². The van der Waals surface area contributed by atoms with E-state index in [2.05, 4.69) is 76.1 Å². The number of fused-ring (bicyclic) bond motifs is 4. The summed E-state index contributed by atoms with van der Waals surface area (Å²) in [6.45, 7) is 0. The quantitative estimate of drug-likeness (QED) is 0.462. The van der Waals surface area contributed by atoms with Crippen LogP contribution in [0.2, 0.25) is 0 Å². The van der Waals surface area contributed by atoms with Crippen LogP contribution in [0.25, 0.3) is 32.8 Å². The molecule has 19 heavy (non-hydrogen) atoms. The standard InChI is InChI=1S/C16H11BrN2/c1-19-15-5-3-2-4-12(15)13-8-10-6-7-11(17)9-14(10)18-16(13)19/h2-9H,1H3. The molecule has 2 nitrogen and oxygen atoms in total. The summed E-state index contributed by atoms with van der Waals surface area (Å²) in [6.07, 6.45) is 0.